The first-order valence-electron chi connectivity index (χ1n) is 5.99. The van der Waals surface area contributed by atoms with Crippen LogP contribution in [0.15, 0.2) is 18.3 Å². The van der Waals surface area contributed by atoms with E-state index < -0.39 is 0 Å². The van der Waals surface area contributed by atoms with Crippen molar-refractivity contribution in [2.24, 2.45) is 11.7 Å². The SMILES string of the molecule is CCC(C)C(N)c1ncc(-c2ccc(C)s2)[nH]1. The lowest BCUT2D eigenvalue weighted by Gasteiger charge is -2.15. The summed E-state index contributed by atoms with van der Waals surface area (Å²) < 4.78 is 0. The van der Waals surface area contributed by atoms with Gasteiger partial charge in [-0.05, 0) is 25.0 Å². The number of imidazole rings is 1. The van der Waals surface area contributed by atoms with E-state index in [4.69, 9.17) is 5.73 Å². The molecule has 2 heterocycles. The smallest absolute Gasteiger partial charge is 0.123 e. The molecule has 2 unspecified atom stereocenters. The van der Waals surface area contributed by atoms with E-state index in [0.29, 0.717) is 5.92 Å². The molecular formula is C13H19N3S. The maximum absolute atomic E-state index is 6.16. The van der Waals surface area contributed by atoms with Crippen molar-refractivity contribution in [2.75, 3.05) is 0 Å². The topological polar surface area (TPSA) is 54.7 Å². The van der Waals surface area contributed by atoms with Gasteiger partial charge in [0.15, 0.2) is 0 Å². The van der Waals surface area contributed by atoms with Gasteiger partial charge in [-0.15, -0.1) is 11.3 Å². The zero-order valence-electron chi connectivity index (χ0n) is 10.5. The van der Waals surface area contributed by atoms with Crippen molar-refractivity contribution in [1.82, 2.24) is 9.97 Å². The molecule has 17 heavy (non-hydrogen) atoms. The summed E-state index contributed by atoms with van der Waals surface area (Å²) in [5.41, 5.74) is 7.22. The van der Waals surface area contributed by atoms with Crippen molar-refractivity contribution in [3.63, 3.8) is 0 Å². The van der Waals surface area contributed by atoms with Crippen LogP contribution in [0.5, 0.6) is 0 Å². The summed E-state index contributed by atoms with van der Waals surface area (Å²) in [5, 5.41) is 0. The third-order valence-electron chi connectivity index (χ3n) is 3.17. The third-order valence-corrected chi connectivity index (χ3v) is 4.21. The highest BCUT2D eigenvalue weighted by Gasteiger charge is 2.16. The molecule has 0 aromatic carbocycles. The van der Waals surface area contributed by atoms with Gasteiger partial charge in [-0.3, -0.25) is 0 Å². The lowest BCUT2D eigenvalue weighted by atomic mass is 10.00. The number of hydrogen-bond donors (Lipinski definition) is 2. The van der Waals surface area contributed by atoms with Gasteiger partial charge < -0.3 is 10.7 Å². The van der Waals surface area contributed by atoms with E-state index in [-0.39, 0.29) is 6.04 Å². The van der Waals surface area contributed by atoms with Gasteiger partial charge in [0.05, 0.1) is 22.8 Å². The van der Waals surface area contributed by atoms with Gasteiger partial charge >= 0.3 is 0 Å². The van der Waals surface area contributed by atoms with Crippen LogP contribution in [0.4, 0.5) is 0 Å². The summed E-state index contributed by atoms with van der Waals surface area (Å²) in [7, 11) is 0. The van der Waals surface area contributed by atoms with Gasteiger partial charge in [-0.1, -0.05) is 20.3 Å². The summed E-state index contributed by atoms with van der Waals surface area (Å²) in [5.74, 6) is 1.33. The second-order valence-electron chi connectivity index (χ2n) is 4.50. The number of nitrogens with zero attached hydrogens (tertiary/aromatic N) is 1. The number of hydrogen-bond acceptors (Lipinski definition) is 3. The first-order chi connectivity index (χ1) is 8.11. The highest BCUT2D eigenvalue weighted by Crippen LogP contribution is 2.28. The minimum absolute atomic E-state index is 0.00481. The molecule has 4 heteroatoms. The number of aryl methyl sites for hydroxylation is 1. The van der Waals surface area contributed by atoms with Crippen LogP contribution >= 0.6 is 11.3 Å². The Bertz CT molecular complexity index is 486. The average Bonchev–Trinajstić information content (AvgIpc) is 2.95. The minimum atomic E-state index is -0.00481. The van der Waals surface area contributed by atoms with E-state index in [1.165, 1.54) is 9.75 Å². The van der Waals surface area contributed by atoms with Crippen LogP contribution < -0.4 is 5.73 Å². The van der Waals surface area contributed by atoms with Crippen LogP contribution in [-0.2, 0) is 0 Å². The fraction of sp³-hybridized carbons (Fsp3) is 0.462. The molecule has 0 fully saturated rings. The number of aromatic nitrogens is 2. The molecule has 3 nitrogen and oxygen atoms in total. The Hall–Kier alpha value is -1.13. The van der Waals surface area contributed by atoms with Crippen molar-refractivity contribution in [3.05, 3.63) is 29.0 Å². The fourth-order valence-corrected chi connectivity index (χ4v) is 2.57. The molecule has 2 atom stereocenters. The van der Waals surface area contributed by atoms with Gasteiger partial charge in [0, 0.05) is 4.88 Å². The number of thiophene rings is 1. The van der Waals surface area contributed by atoms with Gasteiger partial charge in [0.2, 0.25) is 0 Å². The molecule has 2 rings (SSSR count). The molecule has 0 aliphatic carbocycles. The van der Waals surface area contributed by atoms with Crippen LogP contribution in [0.2, 0.25) is 0 Å². The van der Waals surface area contributed by atoms with Crippen LogP contribution in [0.1, 0.15) is 37.0 Å². The molecular weight excluding hydrogens is 230 g/mol. The quantitative estimate of drug-likeness (QED) is 0.871. The third kappa shape index (κ3) is 2.58. The van der Waals surface area contributed by atoms with Crippen LogP contribution in [0.25, 0.3) is 10.6 Å². The Kier molecular flexibility index (Phi) is 3.64. The first kappa shape index (κ1) is 12.3. The highest BCUT2D eigenvalue weighted by molar-refractivity contribution is 7.15. The first-order valence-corrected chi connectivity index (χ1v) is 6.80. The summed E-state index contributed by atoms with van der Waals surface area (Å²) in [6.07, 6.45) is 2.94. The summed E-state index contributed by atoms with van der Waals surface area (Å²) >= 11 is 1.77. The van der Waals surface area contributed by atoms with Gasteiger partial charge in [0.1, 0.15) is 5.82 Å². The lowest BCUT2D eigenvalue weighted by Crippen LogP contribution is -2.19. The van der Waals surface area contributed by atoms with Crippen molar-refractivity contribution < 1.29 is 0 Å². The van der Waals surface area contributed by atoms with Crippen molar-refractivity contribution in [3.8, 4) is 10.6 Å². The Balaban J connectivity index is 2.21. The Morgan fingerprint density at radius 3 is 2.82 bits per heavy atom. The molecule has 0 radical (unpaired) electrons. The maximum Gasteiger partial charge on any atom is 0.123 e. The minimum Gasteiger partial charge on any atom is -0.340 e. The van der Waals surface area contributed by atoms with E-state index in [1.807, 2.05) is 6.20 Å². The monoisotopic (exact) mass is 249 g/mol. The van der Waals surface area contributed by atoms with E-state index in [0.717, 1.165) is 17.9 Å². The number of H-pyrrole nitrogens is 1. The van der Waals surface area contributed by atoms with E-state index in [2.05, 4.69) is 42.9 Å². The van der Waals surface area contributed by atoms with Crippen molar-refractivity contribution in [1.29, 1.82) is 0 Å². The fourth-order valence-electron chi connectivity index (χ4n) is 1.73. The summed E-state index contributed by atoms with van der Waals surface area (Å²) in [6, 6.07) is 4.23. The second-order valence-corrected chi connectivity index (χ2v) is 5.79. The van der Waals surface area contributed by atoms with E-state index in [9.17, 15) is 0 Å². The summed E-state index contributed by atoms with van der Waals surface area (Å²) in [4.78, 5) is 10.3. The Labute approximate surface area is 106 Å². The maximum atomic E-state index is 6.16. The van der Waals surface area contributed by atoms with E-state index in [1.54, 1.807) is 11.3 Å². The molecule has 2 aromatic rings. The van der Waals surface area contributed by atoms with Crippen molar-refractivity contribution in [2.45, 2.75) is 33.2 Å². The number of aromatic amines is 1. The number of rotatable bonds is 4. The van der Waals surface area contributed by atoms with Gasteiger partial charge in [0.25, 0.3) is 0 Å². The van der Waals surface area contributed by atoms with E-state index >= 15 is 0 Å². The molecule has 0 saturated carbocycles. The van der Waals surface area contributed by atoms with Gasteiger partial charge in [-0.2, -0.15) is 0 Å². The predicted molar refractivity (Wildman–Crippen MR) is 73.0 cm³/mol. The molecule has 3 N–H and O–H groups in total. The largest absolute Gasteiger partial charge is 0.340 e. The van der Waals surface area contributed by atoms with Gasteiger partial charge in [-0.25, -0.2) is 4.98 Å². The molecule has 2 aromatic heterocycles. The standard InChI is InChI=1S/C13H19N3S/c1-4-8(2)12(14)13-15-7-10(16-13)11-6-5-9(3)17-11/h5-8,12H,4,14H2,1-3H3,(H,15,16). The number of nitrogens with one attached hydrogen (secondary N) is 1. The Morgan fingerprint density at radius 1 is 1.47 bits per heavy atom. The molecule has 0 saturated heterocycles. The zero-order chi connectivity index (χ0) is 12.4. The summed E-state index contributed by atoms with van der Waals surface area (Å²) in [6.45, 7) is 6.41. The molecule has 0 aliphatic heterocycles. The van der Waals surface area contributed by atoms with Crippen LogP contribution in [0.3, 0.4) is 0 Å². The molecule has 0 spiro atoms. The zero-order valence-corrected chi connectivity index (χ0v) is 11.3. The second kappa shape index (κ2) is 5.02. The molecule has 92 valence electrons. The highest BCUT2D eigenvalue weighted by atomic mass is 32.1. The molecule has 0 bridgehead atoms. The predicted octanol–water partition coefficient (Wildman–Crippen LogP) is 3.49. The molecule has 0 amide bonds. The normalized spacial score (nSPS) is 14.8. The van der Waals surface area contributed by atoms with Crippen LogP contribution in [0, 0.1) is 12.8 Å². The lowest BCUT2D eigenvalue weighted by molar-refractivity contribution is 0.441. The molecule has 0 aliphatic rings. The van der Waals surface area contributed by atoms with Crippen molar-refractivity contribution >= 4 is 11.3 Å². The Morgan fingerprint density at radius 2 is 2.24 bits per heavy atom. The average molecular weight is 249 g/mol. The number of nitrogens with two attached hydrogens (primary N) is 1. The van der Waals surface area contributed by atoms with Crippen LogP contribution in [-0.4, -0.2) is 9.97 Å².